The molecule has 1 aliphatic rings. The Labute approximate surface area is 105 Å². The maximum atomic E-state index is 13.5. The average Bonchev–Trinajstić information content (AvgIpc) is 2.58. The van der Waals surface area contributed by atoms with Gasteiger partial charge in [-0.1, -0.05) is 18.7 Å². The number of aliphatic imine (C=N–C) groups is 1. The van der Waals surface area contributed by atoms with Crippen LogP contribution in [-0.2, 0) is 0 Å². The zero-order valence-corrected chi connectivity index (χ0v) is 10.8. The minimum Gasteiger partial charge on any atom is -0.332 e. The van der Waals surface area contributed by atoms with Gasteiger partial charge in [0.1, 0.15) is 5.82 Å². The largest absolute Gasteiger partial charge is 0.332 e. The van der Waals surface area contributed by atoms with Crippen LogP contribution in [0, 0.1) is 11.6 Å². The molecular weight excluding hydrogens is 298 g/mol. The minimum absolute atomic E-state index is 0.224. The maximum Gasteiger partial charge on any atom is 0.161 e. The summed E-state index contributed by atoms with van der Waals surface area (Å²) in [5.41, 5.74) is 0.224. The summed E-state index contributed by atoms with van der Waals surface area (Å²) < 4.78 is 26.7. The second kappa shape index (κ2) is 4.71. The Morgan fingerprint density at radius 2 is 2.25 bits per heavy atom. The number of anilines is 1. The van der Waals surface area contributed by atoms with E-state index in [0.717, 1.165) is 6.07 Å². The van der Waals surface area contributed by atoms with Crippen molar-refractivity contribution in [1.82, 2.24) is 0 Å². The lowest BCUT2D eigenvalue weighted by Crippen LogP contribution is -2.08. The van der Waals surface area contributed by atoms with E-state index in [1.165, 1.54) is 17.8 Å². The molecule has 1 heterocycles. The number of hydrogen-bond donors (Lipinski definition) is 1. The molecule has 0 aliphatic carbocycles. The van der Waals surface area contributed by atoms with Crippen molar-refractivity contribution in [3.05, 3.63) is 28.2 Å². The van der Waals surface area contributed by atoms with Crippen molar-refractivity contribution in [3.63, 3.8) is 0 Å². The van der Waals surface area contributed by atoms with E-state index in [-0.39, 0.29) is 5.69 Å². The zero-order valence-electron chi connectivity index (χ0n) is 8.43. The average molecular weight is 307 g/mol. The standard InChI is InChI=1S/C10H9BrF2N2S/c1-5-4-14-10(16-5)15-9-7(11)2-6(12)3-8(9)13/h2-3,5H,4H2,1H3,(H,14,15). The molecule has 0 saturated carbocycles. The molecule has 1 aromatic carbocycles. The maximum absolute atomic E-state index is 13.5. The van der Waals surface area contributed by atoms with Gasteiger partial charge < -0.3 is 5.32 Å². The van der Waals surface area contributed by atoms with Crippen LogP contribution in [0.2, 0.25) is 0 Å². The summed E-state index contributed by atoms with van der Waals surface area (Å²) in [5.74, 6) is -1.24. The fraction of sp³-hybridized carbons (Fsp3) is 0.300. The molecular formula is C10H9BrF2N2S. The third-order valence-electron chi connectivity index (χ3n) is 2.04. The Balaban J connectivity index is 2.22. The highest BCUT2D eigenvalue weighted by molar-refractivity contribution is 9.10. The van der Waals surface area contributed by atoms with Crippen molar-refractivity contribution in [3.8, 4) is 0 Å². The zero-order chi connectivity index (χ0) is 11.7. The van der Waals surface area contributed by atoms with Gasteiger partial charge in [0, 0.05) is 15.8 Å². The van der Waals surface area contributed by atoms with Crippen LogP contribution in [0.1, 0.15) is 6.92 Å². The number of nitrogens with one attached hydrogen (secondary N) is 1. The summed E-state index contributed by atoms with van der Waals surface area (Å²) in [6, 6.07) is 2.06. The van der Waals surface area contributed by atoms with E-state index in [4.69, 9.17) is 0 Å². The van der Waals surface area contributed by atoms with E-state index in [2.05, 4.69) is 26.2 Å². The first-order valence-electron chi connectivity index (χ1n) is 4.69. The summed E-state index contributed by atoms with van der Waals surface area (Å²) in [5, 5.41) is 3.92. The first-order valence-corrected chi connectivity index (χ1v) is 6.36. The van der Waals surface area contributed by atoms with E-state index in [1.807, 2.05) is 6.92 Å². The summed E-state index contributed by atoms with van der Waals surface area (Å²) in [4.78, 5) is 4.20. The summed E-state index contributed by atoms with van der Waals surface area (Å²) in [6.07, 6.45) is 0. The first kappa shape index (κ1) is 11.9. The van der Waals surface area contributed by atoms with Crippen molar-refractivity contribution in [2.24, 2.45) is 4.99 Å². The van der Waals surface area contributed by atoms with E-state index in [1.54, 1.807) is 0 Å². The van der Waals surface area contributed by atoms with Gasteiger partial charge in [0.2, 0.25) is 0 Å². The fourth-order valence-electron chi connectivity index (χ4n) is 1.31. The highest BCUT2D eigenvalue weighted by Crippen LogP contribution is 2.29. The molecule has 2 rings (SSSR count). The Morgan fingerprint density at radius 1 is 1.50 bits per heavy atom. The highest BCUT2D eigenvalue weighted by Gasteiger charge is 2.18. The van der Waals surface area contributed by atoms with Gasteiger partial charge in [0.15, 0.2) is 11.0 Å². The molecule has 0 aromatic heterocycles. The van der Waals surface area contributed by atoms with Crippen LogP contribution in [0.5, 0.6) is 0 Å². The lowest BCUT2D eigenvalue weighted by molar-refractivity contribution is 0.585. The van der Waals surface area contributed by atoms with Crippen LogP contribution < -0.4 is 5.32 Å². The quantitative estimate of drug-likeness (QED) is 0.857. The number of halogens is 3. The van der Waals surface area contributed by atoms with Gasteiger partial charge in [0.25, 0.3) is 0 Å². The van der Waals surface area contributed by atoms with E-state index in [9.17, 15) is 8.78 Å². The summed E-state index contributed by atoms with van der Waals surface area (Å²) in [7, 11) is 0. The Bertz CT molecular complexity index is 427. The molecule has 0 fully saturated rings. The van der Waals surface area contributed by atoms with Crippen LogP contribution in [0.4, 0.5) is 14.5 Å². The van der Waals surface area contributed by atoms with Crippen LogP contribution >= 0.6 is 27.7 Å². The third kappa shape index (κ3) is 2.55. The predicted molar refractivity (Wildman–Crippen MR) is 67.0 cm³/mol. The summed E-state index contributed by atoms with van der Waals surface area (Å²) in [6.45, 7) is 2.76. The van der Waals surface area contributed by atoms with E-state index in [0.29, 0.717) is 21.4 Å². The molecule has 1 N–H and O–H groups in total. The van der Waals surface area contributed by atoms with Gasteiger partial charge >= 0.3 is 0 Å². The lowest BCUT2D eigenvalue weighted by atomic mass is 10.3. The van der Waals surface area contributed by atoms with Gasteiger partial charge in [-0.25, -0.2) is 8.78 Å². The molecule has 1 aromatic rings. The Hall–Kier alpha value is -0.620. The second-order valence-corrected chi connectivity index (χ2v) is 5.73. The predicted octanol–water partition coefficient (Wildman–Crippen LogP) is 3.63. The molecule has 6 heteroatoms. The topological polar surface area (TPSA) is 24.4 Å². The Kier molecular flexibility index (Phi) is 3.49. The van der Waals surface area contributed by atoms with Gasteiger partial charge in [-0.15, -0.1) is 0 Å². The molecule has 0 bridgehead atoms. The van der Waals surface area contributed by atoms with Crippen molar-refractivity contribution in [2.75, 3.05) is 11.9 Å². The molecule has 0 spiro atoms. The smallest absolute Gasteiger partial charge is 0.161 e. The van der Waals surface area contributed by atoms with Crippen LogP contribution in [0.25, 0.3) is 0 Å². The fourth-order valence-corrected chi connectivity index (χ4v) is 2.66. The van der Waals surface area contributed by atoms with Crippen molar-refractivity contribution in [1.29, 1.82) is 0 Å². The van der Waals surface area contributed by atoms with Crippen LogP contribution in [0.15, 0.2) is 21.6 Å². The molecule has 1 aliphatic heterocycles. The van der Waals surface area contributed by atoms with Crippen LogP contribution in [0.3, 0.4) is 0 Å². The third-order valence-corrected chi connectivity index (χ3v) is 3.67. The van der Waals surface area contributed by atoms with Crippen molar-refractivity contribution >= 4 is 38.5 Å². The SMILES string of the molecule is CC1CN=C(Nc2c(F)cc(F)cc2Br)S1. The van der Waals surface area contributed by atoms with Gasteiger partial charge in [-0.3, -0.25) is 4.99 Å². The van der Waals surface area contributed by atoms with Crippen molar-refractivity contribution < 1.29 is 8.78 Å². The van der Waals surface area contributed by atoms with Gasteiger partial charge in [-0.05, 0) is 22.0 Å². The molecule has 0 saturated heterocycles. The number of benzene rings is 1. The first-order chi connectivity index (χ1) is 7.56. The molecule has 1 unspecified atom stereocenters. The normalized spacial score (nSPS) is 19.8. The molecule has 16 heavy (non-hydrogen) atoms. The number of nitrogens with zero attached hydrogens (tertiary/aromatic N) is 1. The van der Waals surface area contributed by atoms with Gasteiger partial charge in [0.05, 0.1) is 12.2 Å². The van der Waals surface area contributed by atoms with Gasteiger partial charge in [-0.2, -0.15) is 0 Å². The molecule has 0 radical (unpaired) electrons. The minimum atomic E-state index is -0.630. The van der Waals surface area contributed by atoms with E-state index >= 15 is 0 Å². The number of amidine groups is 1. The van der Waals surface area contributed by atoms with Crippen molar-refractivity contribution in [2.45, 2.75) is 12.2 Å². The van der Waals surface area contributed by atoms with Crippen LogP contribution in [-0.4, -0.2) is 17.0 Å². The molecule has 86 valence electrons. The number of hydrogen-bond acceptors (Lipinski definition) is 3. The Morgan fingerprint density at radius 3 is 2.81 bits per heavy atom. The molecule has 2 nitrogen and oxygen atoms in total. The number of thioether (sulfide) groups is 1. The molecule has 0 amide bonds. The lowest BCUT2D eigenvalue weighted by Gasteiger charge is -2.09. The number of rotatable bonds is 1. The molecule has 1 atom stereocenters. The van der Waals surface area contributed by atoms with E-state index < -0.39 is 11.6 Å². The monoisotopic (exact) mass is 306 g/mol. The summed E-state index contributed by atoms with van der Waals surface area (Å²) >= 11 is 4.65. The highest BCUT2D eigenvalue weighted by atomic mass is 79.9. The second-order valence-electron chi connectivity index (χ2n) is 3.44.